The third-order valence-electron chi connectivity index (χ3n) is 4.52. The van der Waals surface area contributed by atoms with Crippen molar-refractivity contribution in [3.8, 4) is 0 Å². The van der Waals surface area contributed by atoms with Crippen molar-refractivity contribution in [2.75, 3.05) is 0 Å². The van der Waals surface area contributed by atoms with E-state index in [4.69, 9.17) is 0 Å². The summed E-state index contributed by atoms with van der Waals surface area (Å²) in [6.45, 7) is 9.50. The number of aryl methyl sites for hydroxylation is 3. The number of fused-ring (bicyclic) bond motifs is 1. The van der Waals surface area contributed by atoms with E-state index in [1.165, 1.54) is 27.7 Å². The number of hydrogen-bond acceptors (Lipinski definition) is 2. The van der Waals surface area contributed by atoms with Gasteiger partial charge in [0.25, 0.3) is 0 Å². The van der Waals surface area contributed by atoms with E-state index < -0.39 is 6.10 Å². The minimum Gasteiger partial charge on any atom is -0.389 e. The largest absolute Gasteiger partial charge is 0.389 e. The van der Waals surface area contributed by atoms with Crippen LogP contribution in [0, 0.1) is 27.7 Å². The van der Waals surface area contributed by atoms with E-state index in [1.807, 2.05) is 17.7 Å². The molecule has 0 bridgehead atoms. The second-order valence-electron chi connectivity index (χ2n) is 6.12. The Kier molecular flexibility index (Phi) is 3.79. The zero-order valence-electron chi connectivity index (χ0n) is 13.7. The summed E-state index contributed by atoms with van der Waals surface area (Å²) in [4.78, 5) is 4.20. The Morgan fingerprint density at radius 1 is 1.14 bits per heavy atom. The molecule has 1 N–H and O–H groups in total. The number of rotatable bonds is 4. The third kappa shape index (κ3) is 2.55. The van der Waals surface area contributed by atoms with Crippen molar-refractivity contribution in [3.05, 3.63) is 53.2 Å². The summed E-state index contributed by atoms with van der Waals surface area (Å²) in [5, 5.41) is 11.8. The van der Waals surface area contributed by atoms with Crippen molar-refractivity contribution < 1.29 is 5.11 Å². The van der Waals surface area contributed by atoms with E-state index in [2.05, 4.69) is 48.5 Å². The summed E-state index contributed by atoms with van der Waals surface area (Å²) in [5.74, 6) is 0.931. The average molecular weight is 297 g/mol. The lowest BCUT2D eigenvalue weighted by atomic mass is 10.1. The summed E-state index contributed by atoms with van der Waals surface area (Å²) in [7, 11) is 0. The fourth-order valence-corrected chi connectivity index (χ4v) is 3.09. The molecular formula is C18H23N3O. The van der Waals surface area contributed by atoms with Crippen molar-refractivity contribution in [2.45, 2.75) is 46.9 Å². The summed E-state index contributed by atoms with van der Waals surface area (Å²) < 4.78 is 4.21. The lowest BCUT2D eigenvalue weighted by Gasteiger charge is -2.16. The number of aromatic nitrogens is 3. The standard InChI is InChI=1S/C18H23N3O/c1-12-5-6-18-17(9-12)13(2)14(3)21(18)11-16(22)10-20-8-7-19-15(20)4/h5-9,16,22H,10-11H2,1-4H3/t16-/m0/s1. The normalized spacial score (nSPS) is 13.0. The van der Waals surface area contributed by atoms with E-state index in [9.17, 15) is 5.11 Å². The van der Waals surface area contributed by atoms with Crippen LogP contribution in [0.3, 0.4) is 0 Å². The average Bonchev–Trinajstić information content (AvgIpc) is 2.97. The van der Waals surface area contributed by atoms with Crippen LogP contribution >= 0.6 is 0 Å². The van der Waals surface area contributed by atoms with Gasteiger partial charge in [-0.05, 0) is 45.4 Å². The number of hydrogen-bond donors (Lipinski definition) is 1. The molecule has 0 fully saturated rings. The summed E-state index contributed by atoms with van der Waals surface area (Å²) in [5.41, 5.74) is 4.98. The summed E-state index contributed by atoms with van der Waals surface area (Å²) in [6.07, 6.45) is 3.24. The first-order valence-corrected chi connectivity index (χ1v) is 7.69. The summed E-state index contributed by atoms with van der Waals surface area (Å²) in [6, 6.07) is 6.50. The molecule has 1 atom stereocenters. The van der Waals surface area contributed by atoms with Crippen molar-refractivity contribution >= 4 is 10.9 Å². The highest BCUT2D eigenvalue weighted by Crippen LogP contribution is 2.26. The van der Waals surface area contributed by atoms with Crippen LogP contribution in [0.25, 0.3) is 10.9 Å². The van der Waals surface area contributed by atoms with Gasteiger partial charge in [0.05, 0.1) is 19.2 Å². The molecule has 0 spiro atoms. The van der Waals surface area contributed by atoms with E-state index in [1.54, 1.807) is 6.20 Å². The van der Waals surface area contributed by atoms with Gasteiger partial charge in [0, 0.05) is 29.0 Å². The molecule has 2 aromatic heterocycles. The second kappa shape index (κ2) is 5.61. The van der Waals surface area contributed by atoms with Crippen molar-refractivity contribution in [1.29, 1.82) is 0 Å². The molecule has 0 saturated carbocycles. The van der Waals surface area contributed by atoms with Crippen molar-refractivity contribution in [2.24, 2.45) is 0 Å². The van der Waals surface area contributed by atoms with Crippen LogP contribution in [-0.4, -0.2) is 25.3 Å². The van der Waals surface area contributed by atoms with Gasteiger partial charge in [-0.2, -0.15) is 0 Å². The highest BCUT2D eigenvalue weighted by Gasteiger charge is 2.15. The molecule has 0 aliphatic heterocycles. The fraction of sp³-hybridized carbons (Fsp3) is 0.389. The molecule has 4 heteroatoms. The van der Waals surface area contributed by atoms with Gasteiger partial charge in [0.2, 0.25) is 0 Å². The number of aliphatic hydroxyl groups is 1. The second-order valence-corrected chi connectivity index (χ2v) is 6.12. The topological polar surface area (TPSA) is 43.0 Å². The van der Waals surface area contributed by atoms with Crippen LogP contribution in [0.1, 0.15) is 22.6 Å². The molecular weight excluding hydrogens is 274 g/mol. The monoisotopic (exact) mass is 297 g/mol. The number of imidazole rings is 1. The van der Waals surface area contributed by atoms with Gasteiger partial charge >= 0.3 is 0 Å². The molecule has 0 amide bonds. The highest BCUT2D eigenvalue weighted by atomic mass is 16.3. The molecule has 3 rings (SSSR count). The SMILES string of the molecule is Cc1ccc2c(c1)c(C)c(C)n2C[C@@H](O)Cn1ccnc1C. The molecule has 22 heavy (non-hydrogen) atoms. The Bertz CT molecular complexity index is 813. The van der Waals surface area contributed by atoms with E-state index in [0.29, 0.717) is 13.1 Å². The summed E-state index contributed by atoms with van der Waals surface area (Å²) >= 11 is 0. The quantitative estimate of drug-likeness (QED) is 0.804. The number of benzene rings is 1. The van der Waals surface area contributed by atoms with Crippen LogP contribution in [0.4, 0.5) is 0 Å². The van der Waals surface area contributed by atoms with Crippen LogP contribution in [-0.2, 0) is 13.1 Å². The first kappa shape index (κ1) is 14.9. The third-order valence-corrected chi connectivity index (χ3v) is 4.52. The molecule has 116 valence electrons. The molecule has 0 unspecified atom stereocenters. The Balaban J connectivity index is 1.90. The van der Waals surface area contributed by atoms with Gasteiger partial charge in [-0.15, -0.1) is 0 Å². The zero-order valence-corrected chi connectivity index (χ0v) is 13.7. The van der Waals surface area contributed by atoms with Crippen molar-refractivity contribution in [3.63, 3.8) is 0 Å². The molecule has 0 aliphatic carbocycles. The van der Waals surface area contributed by atoms with Gasteiger partial charge < -0.3 is 14.2 Å². The van der Waals surface area contributed by atoms with Crippen molar-refractivity contribution in [1.82, 2.24) is 14.1 Å². The maximum absolute atomic E-state index is 10.5. The van der Waals surface area contributed by atoms with Gasteiger partial charge in [0.15, 0.2) is 0 Å². The van der Waals surface area contributed by atoms with Gasteiger partial charge in [-0.1, -0.05) is 11.6 Å². The lowest BCUT2D eigenvalue weighted by Crippen LogP contribution is -2.23. The predicted molar refractivity (Wildman–Crippen MR) is 89.1 cm³/mol. The van der Waals surface area contributed by atoms with Crippen LogP contribution in [0.15, 0.2) is 30.6 Å². The van der Waals surface area contributed by atoms with Crippen LogP contribution in [0.5, 0.6) is 0 Å². The van der Waals surface area contributed by atoms with Gasteiger partial charge in [-0.3, -0.25) is 0 Å². The maximum Gasteiger partial charge on any atom is 0.105 e. The Morgan fingerprint density at radius 2 is 1.91 bits per heavy atom. The Hall–Kier alpha value is -2.07. The van der Waals surface area contributed by atoms with Gasteiger partial charge in [-0.25, -0.2) is 4.98 Å². The molecule has 1 aromatic carbocycles. The smallest absolute Gasteiger partial charge is 0.105 e. The van der Waals surface area contributed by atoms with Crippen LogP contribution < -0.4 is 0 Å². The van der Waals surface area contributed by atoms with Gasteiger partial charge in [0.1, 0.15) is 5.82 Å². The molecule has 4 nitrogen and oxygen atoms in total. The molecule has 0 saturated heterocycles. The molecule has 3 aromatic rings. The Labute approximate surface area is 131 Å². The number of aliphatic hydroxyl groups excluding tert-OH is 1. The maximum atomic E-state index is 10.5. The molecule has 2 heterocycles. The Morgan fingerprint density at radius 3 is 2.59 bits per heavy atom. The van der Waals surface area contributed by atoms with E-state index in [-0.39, 0.29) is 0 Å². The lowest BCUT2D eigenvalue weighted by molar-refractivity contribution is 0.134. The number of nitrogens with zero attached hydrogens (tertiary/aromatic N) is 3. The minimum atomic E-state index is -0.442. The highest BCUT2D eigenvalue weighted by molar-refractivity contribution is 5.85. The van der Waals surface area contributed by atoms with Crippen LogP contribution in [0.2, 0.25) is 0 Å². The van der Waals surface area contributed by atoms with E-state index >= 15 is 0 Å². The first-order chi connectivity index (χ1) is 10.5. The molecule has 0 aliphatic rings. The zero-order chi connectivity index (χ0) is 15.9. The fourth-order valence-electron chi connectivity index (χ4n) is 3.09. The predicted octanol–water partition coefficient (Wildman–Crippen LogP) is 3.13. The minimum absolute atomic E-state index is 0.442. The molecule has 0 radical (unpaired) electrons. The first-order valence-electron chi connectivity index (χ1n) is 7.69. The van der Waals surface area contributed by atoms with E-state index in [0.717, 1.165) is 5.82 Å².